The van der Waals surface area contributed by atoms with Crippen LogP contribution in [0.4, 0.5) is 10.5 Å². The van der Waals surface area contributed by atoms with E-state index in [1.54, 1.807) is 4.68 Å². The SMILES string of the molecule is C[C@H]1Oc2ccccc2[C@H]1NC(=O)Nc1cn(C)nc1C1CC1. The molecule has 1 saturated carbocycles. The molecule has 23 heavy (non-hydrogen) atoms. The van der Waals surface area contributed by atoms with E-state index < -0.39 is 0 Å². The molecule has 2 atom stereocenters. The van der Waals surface area contributed by atoms with Crippen LogP contribution in [0.3, 0.4) is 0 Å². The first-order valence-electron chi connectivity index (χ1n) is 7.98. The maximum absolute atomic E-state index is 12.4. The van der Waals surface area contributed by atoms with E-state index in [9.17, 15) is 4.79 Å². The number of benzene rings is 1. The zero-order chi connectivity index (χ0) is 16.0. The van der Waals surface area contributed by atoms with Crippen molar-refractivity contribution < 1.29 is 9.53 Å². The molecule has 2 N–H and O–H groups in total. The van der Waals surface area contributed by atoms with E-state index in [1.807, 2.05) is 44.4 Å². The van der Waals surface area contributed by atoms with Crippen LogP contribution in [0.1, 0.15) is 43.0 Å². The Morgan fingerprint density at radius 2 is 2.13 bits per heavy atom. The molecule has 2 heterocycles. The topological polar surface area (TPSA) is 68.2 Å². The van der Waals surface area contributed by atoms with Crippen molar-refractivity contribution >= 4 is 11.7 Å². The number of nitrogens with zero attached hydrogens (tertiary/aromatic N) is 2. The third-order valence-corrected chi connectivity index (χ3v) is 4.39. The van der Waals surface area contributed by atoms with Crippen molar-refractivity contribution in [1.82, 2.24) is 15.1 Å². The number of carbonyl (C=O) groups is 1. The van der Waals surface area contributed by atoms with Crippen molar-refractivity contribution in [2.75, 3.05) is 5.32 Å². The molecule has 2 aromatic rings. The quantitative estimate of drug-likeness (QED) is 0.915. The predicted molar refractivity (Wildman–Crippen MR) is 86.6 cm³/mol. The Labute approximate surface area is 134 Å². The summed E-state index contributed by atoms with van der Waals surface area (Å²) in [6, 6.07) is 7.44. The second kappa shape index (κ2) is 5.30. The highest BCUT2D eigenvalue weighted by Gasteiger charge is 2.33. The van der Waals surface area contributed by atoms with Gasteiger partial charge in [-0.05, 0) is 25.8 Å². The Hall–Kier alpha value is -2.50. The molecule has 1 aliphatic heterocycles. The molecule has 2 aliphatic rings. The number of nitrogens with one attached hydrogen (secondary N) is 2. The molecule has 1 fully saturated rings. The molecule has 6 nitrogen and oxygen atoms in total. The van der Waals surface area contributed by atoms with Gasteiger partial charge in [-0.3, -0.25) is 4.68 Å². The lowest BCUT2D eigenvalue weighted by molar-refractivity contribution is 0.204. The second-order valence-corrected chi connectivity index (χ2v) is 6.31. The summed E-state index contributed by atoms with van der Waals surface area (Å²) in [5, 5.41) is 10.4. The van der Waals surface area contributed by atoms with Crippen LogP contribution in [0.25, 0.3) is 0 Å². The molecule has 2 amide bonds. The zero-order valence-electron chi connectivity index (χ0n) is 13.2. The maximum atomic E-state index is 12.4. The fourth-order valence-electron chi connectivity index (χ4n) is 3.12. The molecule has 1 aliphatic carbocycles. The van der Waals surface area contributed by atoms with Gasteiger partial charge in [0.15, 0.2) is 0 Å². The molecule has 120 valence electrons. The number of aryl methyl sites for hydroxylation is 1. The van der Waals surface area contributed by atoms with Crippen LogP contribution in [0.15, 0.2) is 30.5 Å². The van der Waals surface area contributed by atoms with Gasteiger partial charge in [0.05, 0.1) is 17.4 Å². The minimum atomic E-state index is -0.225. The molecule has 0 spiro atoms. The summed E-state index contributed by atoms with van der Waals surface area (Å²) in [7, 11) is 1.87. The molecule has 6 heteroatoms. The van der Waals surface area contributed by atoms with Crippen LogP contribution in [0.5, 0.6) is 5.75 Å². The van der Waals surface area contributed by atoms with Crippen LogP contribution in [0.2, 0.25) is 0 Å². The molecule has 4 rings (SSSR count). The minimum Gasteiger partial charge on any atom is -0.488 e. The second-order valence-electron chi connectivity index (χ2n) is 6.31. The monoisotopic (exact) mass is 312 g/mol. The lowest BCUT2D eigenvalue weighted by Gasteiger charge is -2.17. The van der Waals surface area contributed by atoms with Gasteiger partial charge >= 0.3 is 6.03 Å². The number of amides is 2. The number of aromatic nitrogens is 2. The third-order valence-electron chi connectivity index (χ3n) is 4.39. The zero-order valence-corrected chi connectivity index (χ0v) is 13.2. The van der Waals surface area contributed by atoms with E-state index in [0.717, 1.165) is 35.5 Å². The summed E-state index contributed by atoms with van der Waals surface area (Å²) < 4.78 is 7.54. The third kappa shape index (κ3) is 2.65. The number of ether oxygens (including phenoxy) is 1. The van der Waals surface area contributed by atoms with Crippen LogP contribution in [0, 0.1) is 0 Å². The van der Waals surface area contributed by atoms with Gasteiger partial charge in [0.2, 0.25) is 0 Å². The predicted octanol–water partition coefficient (Wildman–Crippen LogP) is 2.94. The van der Waals surface area contributed by atoms with Crippen molar-refractivity contribution in [2.24, 2.45) is 7.05 Å². The number of fused-ring (bicyclic) bond motifs is 1. The summed E-state index contributed by atoms with van der Waals surface area (Å²) in [6.45, 7) is 1.96. The number of urea groups is 1. The normalized spacial score (nSPS) is 22.3. The first-order chi connectivity index (χ1) is 11.1. The lowest BCUT2D eigenvalue weighted by atomic mass is 10.1. The molecule has 0 bridgehead atoms. The van der Waals surface area contributed by atoms with Gasteiger partial charge < -0.3 is 15.4 Å². The molecule has 1 aromatic carbocycles. The lowest BCUT2D eigenvalue weighted by Crippen LogP contribution is -2.36. The van der Waals surface area contributed by atoms with E-state index in [1.165, 1.54) is 0 Å². The maximum Gasteiger partial charge on any atom is 0.319 e. The van der Waals surface area contributed by atoms with Crippen molar-refractivity contribution in [2.45, 2.75) is 37.8 Å². The smallest absolute Gasteiger partial charge is 0.319 e. The highest BCUT2D eigenvalue weighted by Crippen LogP contribution is 2.42. The van der Waals surface area contributed by atoms with Crippen LogP contribution >= 0.6 is 0 Å². The number of hydrogen-bond donors (Lipinski definition) is 2. The van der Waals surface area contributed by atoms with E-state index in [-0.39, 0.29) is 18.2 Å². The molecular formula is C17H20N4O2. The van der Waals surface area contributed by atoms with Gasteiger partial charge in [-0.1, -0.05) is 18.2 Å². The molecule has 0 radical (unpaired) electrons. The van der Waals surface area contributed by atoms with Gasteiger partial charge in [-0.15, -0.1) is 0 Å². The Bertz CT molecular complexity index is 751. The standard InChI is InChI=1S/C17H20N4O2/c1-10-15(12-5-3-4-6-14(12)23-10)19-17(22)18-13-9-21(2)20-16(13)11-7-8-11/h3-6,9-11,15H,7-8H2,1-2H3,(H2,18,19,22)/t10-,15+/m1/s1. The fourth-order valence-corrected chi connectivity index (χ4v) is 3.12. The number of anilines is 1. The fraction of sp³-hybridized carbons (Fsp3) is 0.412. The summed E-state index contributed by atoms with van der Waals surface area (Å²) >= 11 is 0. The van der Waals surface area contributed by atoms with Crippen LogP contribution in [-0.4, -0.2) is 21.9 Å². The molecule has 1 aromatic heterocycles. The Morgan fingerprint density at radius 1 is 1.35 bits per heavy atom. The summed E-state index contributed by atoms with van der Waals surface area (Å²) in [5.74, 6) is 1.33. The first-order valence-corrected chi connectivity index (χ1v) is 7.98. The highest BCUT2D eigenvalue weighted by molar-refractivity contribution is 5.90. The number of hydrogen-bond acceptors (Lipinski definition) is 3. The van der Waals surface area contributed by atoms with Crippen LogP contribution < -0.4 is 15.4 Å². The van der Waals surface area contributed by atoms with Crippen molar-refractivity contribution in [3.63, 3.8) is 0 Å². The van der Waals surface area contributed by atoms with E-state index in [4.69, 9.17) is 4.74 Å². The van der Waals surface area contributed by atoms with E-state index in [2.05, 4.69) is 15.7 Å². The summed E-state index contributed by atoms with van der Waals surface area (Å²) in [6.07, 6.45) is 4.06. The Kier molecular flexibility index (Phi) is 3.25. The molecule has 0 saturated heterocycles. The number of para-hydroxylation sites is 1. The van der Waals surface area contributed by atoms with Crippen LogP contribution in [-0.2, 0) is 7.05 Å². The number of rotatable bonds is 3. The van der Waals surface area contributed by atoms with E-state index >= 15 is 0 Å². The van der Waals surface area contributed by atoms with E-state index in [0.29, 0.717) is 5.92 Å². The average Bonchev–Trinajstić information content (AvgIpc) is 3.23. The van der Waals surface area contributed by atoms with Crippen molar-refractivity contribution in [1.29, 1.82) is 0 Å². The highest BCUT2D eigenvalue weighted by atomic mass is 16.5. The molecular weight excluding hydrogens is 292 g/mol. The van der Waals surface area contributed by atoms with Gasteiger partial charge in [0.1, 0.15) is 11.9 Å². The summed E-state index contributed by atoms with van der Waals surface area (Å²) in [4.78, 5) is 12.4. The summed E-state index contributed by atoms with van der Waals surface area (Å²) in [5.41, 5.74) is 2.80. The average molecular weight is 312 g/mol. The van der Waals surface area contributed by atoms with Crippen molar-refractivity contribution in [3.8, 4) is 5.75 Å². The van der Waals surface area contributed by atoms with Gasteiger partial charge in [-0.25, -0.2) is 4.79 Å². The van der Waals surface area contributed by atoms with Gasteiger partial charge in [-0.2, -0.15) is 5.10 Å². The van der Waals surface area contributed by atoms with Gasteiger partial charge in [0, 0.05) is 24.7 Å². The Morgan fingerprint density at radius 3 is 2.91 bits per heavy atom. The Balaban J connectivity index is 1.48. The van der Waals surface area contributed by atoms with Crippen molar-refractivity contribution in [3.05, 3.63) is 41.7 Å². The first kappa shape index (κ1) is 14.1. The van der Waals surface area contributed by atoms with Gasteiger partial charge in [0.25, 0.3) is 0 Å². The minimum absolute atomic E-state index is 0.0880. The molecule has 0 unspecified atom stereocenters. The number of carbonyl (C=O) groups excluding carboxylic acids is 1. The largest absolute Gasteiger partial charge is 0.488 e.